The van der Waals surface area contributed by atoms with Gasteiger partial charge in [0.1, 0.15) is 10.7 Å². The topological polar surface area (TPSA) is 114 Å². The van der Waals surface area contributed by atoms with Crippen molar-refractivity contribution in [1.29, 1.82) is 0 Å². The highest BCUT2D eigenvalue weighted by molar-refractivity contribution is 8.00. The number of thioether (sulfide) groups is 1. The Morgan fingerprint density at radius 3 is 2.43 bits per heavy atom. The number of esters is 1. The first-order valence-corrected chi connectivity index (χ1v) is 19.2. The third kappa shape index (κ3) is 9.04. The second-order valence-corrected chi connectivity index (χ2v) is 15.4. The van der Waals surface area contributed by atoms with E-state index in [1.54, 1.807) is 62.4 Å². The molecule has 0 radical (unpaired) electrons. The van der Waals surface area contributed by atoms with Gasteiger partial charge in [-0.05, 0) is 98.0 Å². The Morgan fingerprint density at radius 1 is 0.941 bits per heavy atom. The summed E-state index contributed by atoms with van der Waals surface area (Å²) >= 11 is 4.24. The van der Waals surface area contributed by atoms with E-state index in [0.717, 1.165) is 39.5 Å². The predicted octanol–water partition coefficient (Wildman–Crippen LogP) is 8.79. The summed E-state index contributed by atoms with van der Waals surface area (Å²) in [5.74, 6) is -1.20. The van der Waals surface area contributed by atoms with Crippen LogP contribution in [0.15, 0.2) is 113 Å². The molecular formula is C40H37N3O5S3. The Balaban J connectivity index is 1.14. The molecule has 1 aliphatic rings. The molecular weight excluding hydrogens is 699 g/mol. The molecule has 260 valence electrons. The van der Waals surface area contributed by atoms with Gasteiger partial charge in [0, 0.05) is 25.9 Å². The fourth-order valence-electron chi connectivity index (χ4n) is 5.88. The van der Waals surface area contributed by atoms with Gasteiger partial charge in [-0.2, -0.15) is 0 Å². The lowest BCUT2D eigenvalue weighted by atomic mass is 9.83. The summed E-state index contributed by atoms with van der Waals surface area (Å²) in [5, 5.41) is 10.6. The van der Waals surface area contributed by atoms with Crippen molar-refractivity contribution in [3.8, 4) is 0 Å². The number of thiophene rings is 2. The number of fused-ring (bicyclic) bond motifs is 1. The molecule has 2 atom stereocenters. The molecule has 3 N–H and O–H groups in total. The first-order valence-electron chi connectivity index (χ1n) is 16.7. The number of carbonyl (C=O) groups excluding carboxylic acids is 4. The monoisotopic (exact) mass is 735 g/mol. The largest absolute Gasteiger partial charge is 0.462 e. The average Bonchev–Trinajstić information content (AvgIpc) is 3.79. The maximum atomic E-state index is 13.6. The molecule has 2 unspecified atom stereocenters. The molecule has 0 saturated heterocycles. The molecule has 8 nitrogen and oxygen atoms in total. The van der Waals surface area contributed by atoms with Gasteiger partial charge in [0.2, 0.25) is 5.91 Å². The fraction of sp³-hybridized carbons (Fsp3) is 0.200. The lowest BCUT2D eigenvalue weighted by molar-refractivity contribution is -0.115. The summed E-state index contributed by atoms with van der Waals surface area (Å²) in [6, 6.07) is 30.0. The zero-order valence-electron chi connectivity index (χ0n) is 28.1. The molecule has 0 bridgehead atoms. The highest BCUT2D eigenvalue weighted by atomic mass is 32.2. The van der Waals surface area contributed by atoms with Gasteiger partial charge in [-0.15, -0.1) is 34.4 Å². The number of anilines is 2. The standard InChI is InChI=1S/C40H37N3O5S3/c1-3-48-40(47)35-32-20-19-28(26-12-6-4-7-13-26)22-34(32)51-39(35)43-36(44)25(2)50-31-17-10-16-29(23-31)41-38(46)33(24-30-18-11-21-49-30)42-37(45)27-14-8-5-9-15-27/h4-18,21,23-25,28H,3,19-20,22H2,1-2H3,(H,41,46)(H,42,45)(H,43,44)/b33-24-. The minimum absolute atomic E-state index is 0.100. The summed E-state index contributed by atoms with van der Waals surface area (Å²) < 4.78 is 5.43. The van der Waals surface area contributed by atoms with Crippen LogP contribution in [0.25, 0.3) is 6.08 Å². The molecule has 0 fully saturated rings. The van der Waals surface area contributed by atoms with E-state index in [2.05, 4.69) is 28.1 Å². The van der Waals surface area contributed by atoms with E-state index in [0.29, 0.717) is 27.7 Å². The number of nitrogens with one attached hydrogen (secondary N) is 3. The van der Waals surface area contributed by atoms with E-state index >= 15 is 0 Å². The van der Waals surface area contributed by atoms with Gasteiger partial charge < -0.3 is 20.7 Å². The van der Waals surface area contributed by atoms with Crippen molar-refractivity contribution in [3.63, 3.8) is 0 Å². The third-order valence-electron chi connectivity index (χ3n) is 8.39. The molecule has 0 aliphatic heterocycles. The van der Waals surface area contributed by atoms with Crippen LogP contribution in [0.1, 0.15) is 67.8 Å². The quantitative estimate of drug-likeness (QED) is 0.0671. The third-order valence-corrected chi connectivity index (χ3v) is 11.5. The van der Waals surface area contributed by atoms with Crippen molar-refractivity contribution < 1.29 is 23.9 Å². The van der Waals surface area contributed by atoms with Crippen LogP contribution in [0.3, 0.4) is 0 Å². The Hall–Kier alpha value is -4.97. The molecule has 3 amide bonds. The number of ether oxygens (including phenoxy) is 1. The van der Waals surface area contributed by atoms with Crippen molar-refractivity contribution in [3.05, 3.63) is 140 Å². The van der Waals surface area contributed by atoms with Crippen molar-refractivity contribution in [2.24, 2.45) is 0 Å². The van der Waals surface area contributed by atoms with E-state index in [1.807, 2.05) is 47.8 Å². The molecule has 6 rings (SSSR count). The zero-order chi connectivity index (χ0) is 35.7. The number of benzene rings is 3. The van der Waals surface area contributed by atoms with Crippen molar-refractivity contribution in [1.82, 2.24) is 5.32 Å². The second-order valence-electron chi connectivity index (χ2n) is 11.9. The number of hydrogen-bond donors (Lipinski definition) is 3. The smallest absolute Gasteiger partial charge is 0.341 e. The average molecular weight is 736 g/mol. The predicted molar refractivity (Wildman–Crippen MR) is 207 cm³/mol. The van der Waals surface area contributed by atoms with Gasteiger partial charge in [-0.3, -0.25) is 14.4 Å². The molecule has 5 aromatic rings. The molecule has 3 aromatic carbocycles. The van der Waals surface area contributed by atoms with Gasteiger partial charge in [-0.25, -0.2) is 4.79 Å². The lowest BCUT2D eigenvalue weighted by Crippen LogP contribution is -2.30. The molecule has 2 heterocycles. The summed E-state index contributed by atoms with van der Waals surface area (Å²) in [7, 11) is 0. The summed E-state index contributed by atoms with van der Waals surface area (Å²) in [4.78, 5) is 55.8. The van der Waals surface area contributed by atoms with Crippen LogP contribution in [-0.2, 0) is 27.2 Å². The minimum atomic E-state index is -0.526. The van der Waals surface area contributed by atoms with Gasteiger partial charge >= 0.3 is 5.97 Å². The van der Waals surface area contributed by atoms with Gasteiger partial charge in [0.25, 0.3) is 11.8 Å². The number of amides is 3. The van der Waals surface area contributed by atoms with Gasteiger partial charge in [0.05, 0.1) is 17.4 Å². The minimum Gasteiger partial charge on any atom is -0.462 e. The molecule has 1 aliphatic carbocycles. The van der Waals surface area contributed by atoms with Crippen LogP contribution >= 0.6 is 34.4 Å². The first-order chi connectivity index (χ1) is 24.8. The van der Waals surface area contributed by atoms with Crippen LogP contribution in [0.4, 0.5) is 10.7 Å². The number of carbonyl (C=O) groups is 4. The van der Waals surface area contributed by atoms with Crippen molar-refractivity contribution in [2.45, 2.75) is 49.2 Å². The normalized spacial score (nSPS) is 14.5. The van der Waals surface area contributed by atoms with Crippen LogP contribution in [0.2, 0.25) is 0 Å². The van der Waals surface area contributed by atoms with E-state index in [4.69, 9.17) is 4.74 Å². The van der Waals surface area contributed by atoms with Crippen LogP contribution in [0.5, 0.6) is 0 Å². The highest BCUT2D eigenvalue weighted by Crippen LogP contribution is 2.43. The van der Waals surface area contributed by atoms with E-state index < -0.39 is 23.0 Å². The maximum Gasteiger partial charge on any atom is 0.341 e. The summed E-state index contributed by atoms with van der Waals surface area (Å²) in [6.07, 6.45) is 4.09. The van der Waals surface area contributed by atoms with Crippen molar-refractivity contribution in [2.75, 3.05) is 17.2 Å². The molecule has 51 heavy (non-hydrogen) atoms. The van der Waals surface area contributed by atoms with Crippen LogP contribution in [0, 0.1) is 0 Å². The maximum absolute atomic E-state index is 13.6. The molecule has 0 saturated carbocycles. The van der Waals surface area contributed by atoms with E-state index in [9.17, 15) is 19.2 Å². The van der Waals surface area contributed by atoms with E-state index in [1.165, 1.54) is 40.0 Å². The fourth-order valence-corrected chi connectivity index (χ4v) is 8.78. The highest BCUT2D eigenvalue weighted by Gasteiger charge is 2.31. The molecule has 2 aromatic heterocycles. The lowest BCUT2D eigenvalue weighted by Gasteiger charge is -2.23. The number of rotatable bonds is 12. The van der Waals surface area contributed by atoms with Gasteiger partial charge in [-0.1, -0.05) is 60.7 Å². The van der Waals surface area contributed by atoms with Crippen molar-refractivity contribution >= 4 is 74.9 Å². The van der Waals surface area contributed by atoms with E-state index in [-0.39, 0.29) is 18.2 Å². The van der Waals surface area contributed by atoms with Crippen LogP contribution in [-0.4, -0.2) is 35.5 Å². The SMILES string of the molecule is CCOC(=O)c1c(NC(=O)C(C)Sc2cccc(NC(=O)/C(=C/c3cccs3)NC(=O)c3ccccc3)c2)sc2c1CCC(c1ccccc1)C2. The molecule has 0 spiro atoms. The first kappa shape index (κ1) is 35.8. The Labute approximate surface area is 309 Å². The summed E-state index contributed by atoms with van der Waals surface area (Å²) in [6.45, 7) is 3.82. The van der Waals surface area contributed by atoms with Gasteiger partial charge in [0.15, 0.2) is 0 Å². The Kier molecular flexibility index (Phi) is 11.8. The molecule has 11 heteroatoms. The van der Waals surface area contributed by atoms with Crippen LogP contribution < -0.4 is 16.0 Å². The Morgan fingerprint density at radius 2 is 1.71 bits per heavy atom. The second kappa shape index (κ2) is 16.8. The summed E-state index contributed by atoms with van der Waals surface area (Å²) in [5.41, 5.74) is 3.74. The zero-order valence-corrected chi connectivity index (χ0v) is 30.6. The number of hydrogen-bond acceptors (Lipinski definition) is 8. The Bertz CT molecular complexity index is 2040.